The topological polar surface area (TPSA) is 93.9 Å². The number of hydrogen-bond donors (Lipinski definition) is 1. The zero-order chi connectivity index (χ0) is 24.0. The normalized spacial score (nSPS) is 11.3. The summed E-state index contributed by atoms with van der Waals surface area (Å²) in [5, 5.41) is 11.1. The van der Waals surface area contributed by atoms with Gasteiger partial charge in [-0.3, -0.25) is 14.4 Å². The minimum atomic E-state index is -1.12. The summed E-state index contributed by atoms with van der Waals surface area (Å²) in [5.74, 6) is -0.729. The highest BCUT2D eigenvalue weighted by Gasteiger charge is 2.28. The van der Waals surface area contributed by atoms with E-state index >= 15 is 0 Å². The van der Waals surface area contributed by atoms with Gasteiger partial charge >= 0.3 is 0 Å². The van der Waals surface area contributed by atoms with Crippen LogP contribution in [0.3, 0.4) is 0 Å². The number of nitrogens with zero attached hydrogens (tertiary/aromatic N) is 3. The fraction of sp³-hybridized carbons (Fsp3) is 0.160. The fourth-order valence-electron chi connectivity index (χ4n) is 3.15. The number of halogens is 1. The molecule has 1 N–H and O–H groups in total. The lowest BCUT2D eigenvalue weighted by molar-refractivity contribution is -0.129. The SMILES string of the molecule is CC(=O)C(C(=O)Nc1cc(C)ccc1Cl)n1nnc2ccccc21.CC(=O)c1ccccc1. The van der Waals surface area contributed by atoms with E-state index in [-0.39, 0.29) is 11.6 Å². The monoisotopic (exact) mass is 462 g/mol. The van der Waals surface area contributed by atoms with Gasteiger partial charge in [-0.1, -0.05) is 65.3 Å². The Morgan fingerprint density at radius 2 is 1.61 bits per heavy atom. The first kappa shape index (κ1) is 23.8. The number of para-hydroxylation sites is 1. The third-order valence-corrected chi connectivity index (χ3v) is 5.14. The maximum atomic E-state index is 12.7. The first-order valence-corrected chi connectivity index (χ1v) is 10.6. The van der Waals surface area contributed by atoms with Crippen LogP contribution < -0.4 is 5.32 Å². The highest BCUT2D eigenvalue weighted by molar-refractivity contribution is 6.33. The zero-order valence-corrected chi connectivity index (χ0v) is 19.2. The van der Waals surface area contributed by atoms with Crippen LogP contribution in [0.25, 0.3) is 11.0 Å². The lowest BCUT2D eigenvalue weighted by atomic mass is 10.1. The molecule has 1 unspecified atom stereocenters. The predicted molar refractivity (Wildman–Crippen MR) is 129 cm³/mol. The third-order valence-electron chi connectivity index (χ3n) is 4.82. The van der Waals surface area contributed by atoms with Gasteiger partial charge < -0.3 is 5.32 Å². The number of ketones is 2. The average molecular weight is 463 g/mol. The number of benzene rings is 3. The molecule has 3 aromatic carbocycles. The summed E-state index contributed by atoms with van der Waals surface area (Å²) >= 11 is 6.11. The van der Waals surface area contributed by atoms with Crippen LogP contribution in [-0.2, 0) is 9.59 Å². The van der Waals surface area contributed by atoms with E-state index in [1.165, 1.54) is 11.6 Å². The minimum Gasteiger partial charge on any atom is -0.322 e. The van der Waals surface area contributed by atoms with Gasteiger partial charge in [-0.05, 0) is 50.6 Å². The number of rotatable bonds is 5. The van der Waals surface area contributed by atoms with Crippen LogP contribution in [0.1, 0.15) is 35.8 Å². The standard InChI is InChI=1S/C17H15ClN4O2.C8H8O/c1-10-7-8-12(18)14(9-10)19-17(24)16(11(2)23)22-15-6-4-3-5-13(15)20-21-22;1-7(9)8-5-3-2-4-6-8/h3-9,16H,1-2H3,(H,19,24);2-6H,1H3. The molecule has 0 bridgehead atoms. The lowest BCUT2D eigenvalue weighted by Gasteiger charge is -2.16. The van der Waals surface area contributed by atoms with Crippen molar-refractivity contribution in [3.63, 3.8) is 0 Å². The van der Waals surface area contributed by atoms with Gasteiger partial charge in [-0.2, -0.15) is 0 Å². The molecule has 0 saturated carbocycles. The molecule has 1 amide bonds. The van der Waals surface area contributed by atoms with Crippen LogP contribution in [-0.4, -0.2) is 32.5 Å². The fourth-order valence-corrected chi connectivity index (χ4v) is 3.32. The van der Waals surface area contributed by atoms with Crippen LogP contribution in [0, 0.1) is 6.92 Å². The van der Waals surface area contributed by atoms with E-state index in [4.69, 9.17) is 11.6 Å². The van der Waals surface area contributed by atoms with Gasteiger partial charge in [0.1, 0.15) is 5.52 Å². The summed E-state index contributed by atoms with van der Waals surface area (Å²) in [5.41, 5.74) is 3.41. The molecule has 7 nitrogen and oxygen atoms in total. The maximum Gasteiger partial charge on any atom is 0.257 e. The summed E-state index contributed by atoms with van der Waals surface area (Å²) in [6.07, 6.45) is 0. The number of nitrogens with one attached hydrogen (secondary N) is 1. The Kier molecular flexibility index (Phi) is 7.69. The van der Waals surface area contributed by atoms with Crippen molar-refractivity contribution in [2.24, 2.45) is 0 Å². The van der Waals surface area contributed by atoms with Crippen molar-refractivity contribution in [1.82, 2.24) is 15.0 Å². The van der Waals surface area contributed by atoms with E-state index in [0.717, 1.165) is 11.1 Å². The van der Waals surface area contributed by atoms with Gasteiger partial charge in [0.2, 0.25) is 0 Å². The number of carbonyl (C=O) groups excluding carboxylic acids is 3. The Morgan fingerprint density at radius 1 is 0.939 bits per heavy atom. The van der Waals surface area contributed by atoms with Gasteiger partial charge in [-0.15, -0.1) is 5.10 Å². The summed E-state index contributed by atoms with van der Waals surface area (Å²) in [4.78, 5) is 35.4. The number of amides is 1. The second-order valence-electron chi connectivity index (χ2n) is 7.43. The van der Waals surface area contributed by atoms with Crippen molar-refractivity contribution < 1.29 is 14.4 Å². The third kappa shape index (κ3) is 5.90. The molecule has 1 heterocycles. The Labute approximate surface area is 196 Å². The van der Waals surface area contributed by atoms with E-state index in [2.05, 4.69) is 15.6 Å². The number of Topliss-reactive ketones (excluding diaryl/α,β-unsaturated/α-hetero) is 2. The van der Waals surface area contributed by atoms with E-state index in [9.17, 15) is 14.4 Å². The molecule has 4 rings (SSSR count). The van der Waals surface area contributed by atoms with E-state index in [0.29, 0.717) is 21.7 Å². The van der Waals surface area contributed by atoms with Gasteiger partial charge in [-0.25, -0.2) is 4.68 Å². The molecule has 1 atom stereocenters. The number of hydrogen-bond acceptors (Lipinski definition) is 5. The highest BCUT2D eigenvalue weighted by Crippen LogP contribution is 2.25. The maximum absolute atomic E-state index is 12.7. The molecule has 0 aliphatic heterocycles. The Morgan fingerprint density at radius 3 is 2.24 bits per heavy atom. The number of aryl methyl sites for hydroxylation is 1. The summed E-state index contributed by atoms with van der Waals surface area (Å²) in [6.45, 7) is 4.80. The lowest BCUT2D eigenvalue weighted by Crippen LogP contribution is -2.32. The van der Waals surface area contributed by atoms with Crippen molar-refractivity contribution in [2.75, 3.05) is 5.32 Å². The predicted octanol–water partition coefficient (Wildman–Crippen LogP) is 5.05. The largest absolute Gasteiger partial charge is 0.322 e. The summed E-state index contributed by atoms with van der Waals surface area (Å²) < 4.78 is 1.33. The first-order chi connectivity index (χ1) is 15.8. The van der Waals surface area contributed by atoms with Crippen molar-refractivity contribution in [2.45, 2.75) is 26.8 Å². The van der Waals surface area contributed by atoms with Crippen molar-refractivity contribution in [3.05, 3.63) is 88.9 Å². The smallest absolute Gasteiger partial charge is 0.257 e. The van der Waals surface area contributed by atoms with Crippen LogP contribution in [0.4, 0.5) is 5.69 Å². The molecule has 0 aliphatic carbocycles. The Hall–Kier alpha value is -3.84. The van der Waals surface area contributed by atoms with Crippen LogP contribution in [0.5, 0.6) is 0 Å². The molecule has 1 aromatic heterocycles. The molecule has 0 aliphatic rings. The summed E-state index contributed by atoms with van der Waals surface area (Å²) in [7, 11) is 0. The zero-order valence-electron chi connectivity index (χ0n) is 18.4. The number of carbonyl (C=O) groups is 3. The van der Waals surface area contributed by atoms with Crippen molar-refractivity contribution in [1.29, 1.82) is 0 Å². The molecule has 8 heteroatoms. The van der Waals surface area contributed by atoms with Crippen LogP contribution in [0.2, 0.25) is 5.02 Å². The molecule has 0 fully saturated rings. The Balaban J connectivity index is 0.000000286. The van der Waals surface area contributed by atoms with Gasteiger partial charge in [0.05, 0.1) is 16.2 Å². The van der Waals surface area contributed by atoms with Crippen molar-refractivity contribution >= 4 is 45.8 Å². The highest BCUT2D eigenvalue weighted by atomic mass is 35.5. The molecule has 0 radical (unpaired) electrons. The molecule has 33 heavy (non-hydrogen) atoms. The van der Waals surface area contributed by atoms with Crippen LogP contribution in [0.15, 0.2) is 72.8 Å². The molecule has 168 valence electrons. The molecule has 0 spiro atoms. The van der Waals surface area contributed by atoms with Crippen LogP contribution >= 0.6 is 11.6 Å². The Bertz CT molecular complexity index is 1300. The van der Waals surface area contributed by atoms with E-state index < -0.39 is 11.9 Å². The van der Waals surface area contributed by atoms with Gasteiger partial charge in [0, 0.05) is 5.56 Å². The average Bonchev–Trinajstić information content (AvgIpc) is 3.21. The number of fused-ring (bicyclic) bond motifs is 1. The second kappa shape index (κ2) is 10.7. The molecule has 0 saturated heterocycles. The number of anilines is 1. The second-order valence-corrected chi connectivity index (χ2v) is 7.84. The van der Waals surface area contributed by atoms with Gasteiger partial charge in [0.25, 0.3) is 5.91 Å². The minimum absolute atomic E-state index is 0.121. The van der Waals surface area contributed by atoms with E-state index in [1.54, 1.807) is 37.3 Å². The van der Waals surface area contributed by atoms with E-state index in [1.807, 2.05) is 49.4 Å². The first-order valence-electron chi connectivity index (χ1n) is 10.2. The quantitative estimate of drug-likeness (QED) is 0.331. The summed E-state index contributed by atoms with van der Waals surface area (Å²) in [6, 6.07) is 20.5. The van der Waals surface area contributed by atoms with Gasteiger partial charge in [0.15, 0.2) is 17.6 Å². The molecular weight excluding hydrogens is 440 g/mol. The number of aromatic nitrogens is 3. The molecule has 4 aromatic rings. The van der Waals surface area contributed by atoms with Crippen molar-refractivity contribution in [3.8, 4) is 0 Å². The molecular formula is C25H23ClN4O3.